The molecule has 1 unspecified atom stereocenters. The van der Waals surface area contributed by atoms with Gasteiger partial charge < -0.3 is 0 Å². The third-order valence-corrected chi connectivity index (χ3v) is 3.09. The van der Waals surface area contributed by atoms with Gasteiger partial charge in [0.1, 0.15) is 5.82 Å². The third kappa shape index (κ3) is 1.92. The van der Waals surface area contributed by atoms with Crippen LogP contribution in [0.1, 0.15) is 43.2 Å². The SMILES string of the molecule is Cc1cc(=O)n(C2CCCCC2=O)c(C)n1. The van der Waals surface area contributed by atoms with Gasteiger partial charge in [-0.2, -0.15) is 0 Å². The Bertz CT molecular complexity index is 476. The summed E-state index contributed by atoms with van der Waals surface area (Å²) in [5, 5.41) is 0. The minimum absolute atomic E-state index is 0.106. The molecule has 86 valence electrons. The zero-order valence-electron chi connectivity index (χ0n) is 9.69. The number of hydrogen-bond acceptors (Lipinski definition) is 3. The molecule has 0 aromatic carbocycles. The van der Waals surface area contributed by atoms with Crippen molar-refractivity contribution in [2.75, 3.05) is 0 Å². The van der Waals surface area contributed by atoms with E-state index in [-0.39, 0.29) is 17.4 Å². The van der Waals surface area contributed by atoms with Gasteiger partial charge in [0.05, 0.1) is 6.04 Å². The molecular weight excluding hydrogens is 204 g/mol. The second-order valence-corrected chi connectivity index (χ2v) is 4.38. The number of nitrogens with zero attached hydrogens (tertiary/aromatic N) is 2. The molecule has 0 amide bonds. The second kappa shape index (κ2) is 4.20. The molecule has 0 N–H and O–H groups in total. The summed E-state index contributed by atoms with van der Waals surface area (Å²) >= 11 is 0. The van der Waals surface area contributed by atoms with Gasteiger partial charge in [-0.3, -0.25) is 14.2 Å². The molecule has 0 radical (unpaired) electrons. The minimum Gasteiger partial charge on any atom is -0.297 e. The van der Waals surface area contributed by atoms with Gasteiger partial charge in [0, 0.05) is 18.2 Å². The Labute approximate surface area is 94.3 Å². The number of aromatic nitrogens is 2. The van der Waals surface area contributed by atoms with Crippen LogP contribution in [0.3, 0.4) is 0 Å². The first-order valence-electron chi connectivity index (χ1n) is 5.69. The average molecular weight is 220 g/mol. The molecule has 1 saturated carbocycles. The van der Waals surface area contributed by atoms with E-state index >= 15 is 0 Å². The number of carbonyl (C=O) groups excluding carboxylic acids is 1. The molecular formula is C12H16N2O2. The largest absolute Gasteiger partial charge is 0.297 e. The van der Waals surface area contributed by atoms with E-state index < -0.39 is 0 Å². The summed E-state index contributed by atoms with van der Waals surface area (Å²) in [6.45, 7) is 3.58. The summed E-state index contributed by atoms with van der Waals surface area (Å²) in [6.07, 6.45) is 3.31. The van der Waals surface area contributed by atoms with Crippen LogP contribution in [0.15, 0.2) is 10.9 Å². The molecule has 16 heavy (non-hydrogen) atoms. The zero-order chi connectivity index (χ0) is 11.7. The Morgan fingerprint density at radius 3 is 2.69 bits per heavy atom. The van der Waals surface area contributed by atoms with Gasteiger partial charge in [0.2, 0.25) is 0 Å². The van der Waals surface area contributed by atoms with Crippen LogP contribution in [-0.2, 0) is 4.79 Å². The summed E-state index contributed by atoms with van der Waals surface area (Å²) in [5.41, 5.74) is 0.604. The van der Waals surface area contributed by atoms with Crippen LogP contribution in [0.25, 0.3) is 0 Å². The maximum absolute atomic E-state index is 11.9. The van der Waals surface area contributed by atoms with Crippen molar-refractivity contribution in [1.82, 2.24) is 9.55 Å². The Morgan fingerprint density at radius 1 is 1.31 bits per heavy atom. The lowest BCUT2D eigenvalue weighted by molar-refractivity contribution is -0.124. The lowest BCUT2D eigenvalue weighted by atomic mass is 9.94. The standard InChI is InChI=1S/C12H16N2O2/c1-8-7-12(16)14(9(2)13-8)10-5-3-4-6-11(10)15/h7,10H,3-6H2,1-2H3. The van der Waals surface area contributed by atoms with Crippen molar-refractivity contribution in [2.24, 2.45) is 0 Å². The van der Waals surface area contributed by atoms with Crippen LogP contribution in [0, 0.1) is 13.8 Å². The van der Waals surface area contributed by atoms with Gasteiger partial charge in [-0.25, -0.2) is 4.98 Å². The molecule has 1 heterocycles. The van der Waals surface area contributed by atoms with Crippen molar-refractivity contribution in [1.29, 1.82) is 0 Å². The highest BCUT2D eigenvalue weighted by molar-refractivity contribution is 5.83. The normalized spacial score (nSPS) is 21.1. The Balaban J connectivity index is 2.47. The first-order chi connectivity index (χ1) is 7.59. The summed E-state index contributed by atoms with van der Waals surface area (Å²) in [4.78, 5) is 27.9. The van der Waals surface area contributed by atoms with Crippen LogP contribution < -0.4 is 5.56 Å². The quantitative estimate of drug-likeness (QED) is 0.721. The Hall–Kier alpha value is -1.45. The fourth-order valence-electron chi connectivity index (χ4n) is 2.37. The Morgan fingerprint density at radius 2 is 2.06 bits per heavy atom. The molecule has 0 bridgehead atoms. The van der Waals surface area contributed by atoms with Crippen molar-refractivity contribution in [3.63, 3.8) is 0 Å². The van der Waals surface area contributed by atoms with Crippen molar-refractivity contribution in [3.05, 3.63) is 27.9 Å². The number of ketones is 1. The van der Waals surface area contributed by atoms with E-state index in [0.717, 1.165) is 19.3 Å². The summed E-state index contributed by atoms with van der Waals surface area (Å²) in [5.74, 6) is 0.812. The van der Waals surface area contributed by atoms with Crippen molar-refractivity contribution >= 4 is 5.78 Å². The molecule has 1 fully saturated rings. The van der Waals surface area contributed by atoms with E-state index in [1.54, 1.807) is 18.4 Å². The molecule has 4 nitrogen and oxygen atoms in total. The number of Topliss-reactive ketones (excluding diaryl/α,β-unsaturated/α-hetero) is 1. The first kappa shape index (κ1) is 11.0. The van der Waals surface area contributed by atoms with Crippen molar-refractivity contribution < 1.29 is 4.79 Å². The van der Waals surface area contributed by atoms with E-state index in [2.05, 4.69) is 4.98 Å². The van der Waals surface area contributed by atoms with Gasteiger partial charge in [-0.05, 0) is 26.7 Å². The summed E-state index contributed by atoms with van der Waals surface area (Å²) in [6, 6.07) is 1.21. The van der Waals surface area contributed by atoms with Crippen LogP contribution in [0.5, 0.6) is 0 Å². The minimum atomic E-state index is -0.283. The lowest BCUT2D eigenvalue weighted by Gasteiger charge is -2.24. The maximum Gasteiger partial charge on any atom is 0.254 e. The van der Waals surface area contributed by atoms with Crippen LogP contribution in [-0.4, -0.2) is 15.3 Å². The summed E-state index contributed by atoms with van der Waals surface area (Å²) < 4.78 is 1.55. The van der Waals surface area contributed by atoms with Gasteiger partial charge in [0.15, 0.2) is 5.78 Å². The number of carbonyl (C=O) groups is 1. The van der Waals surface area contributed by atoms with E-state index in [1.807, 2.05) is 0 Å². The molecule has 2 rings (SSSR count). The van der Waals surface area contributed by atoms with Crippen LogP contribution >= 0.6 is 0 Å². The van der Waals surface area contributed by atoms with Gasteiger partial charge in [-0.1, -0.05) is 6.42 Å². The number of aryl methyl sites for hydroxylation is 2. The molecule has 4 heteroatoms. The smallest absolute Gasteiger partial charge is 0.254 e. The molecule has 1 aromatic rings. The van der Waals surface area contributed by atoms with Crippen molar-refractivity contribution in [2.45, 2.75) is 45.6 Å². The highest BCUT2D eigenvalue weighted by Crippen LogP contribution is 2.24. The van der Waals surface area contributed by atoms with Gasteiger partial charge in [0.25, 0.3) is 5.56 Å². The van der Waals surface area contributed by atoms with Crippen LogP contribution in [0.2, 0.25) is 0 Å². The average Bonchev–Trinajstić information content (AvgIpc) is 2.19. The fourth-order valence-corrected chi connectivity index (χ4v) is 2.37. The van der Waals surface area contributed by atoms with E-state index in [1.165, 1.54) is 6.07 Å². The zero-order valence-corrected chi connectivity index (χ0v) is 9.69. The third-order valence-electron chi connectivity index (χ3n) is 3.09. The van der Waals surface area contributed by atoms with E-state index in [9.17, 15) is 9.59 Å². The number of rotatable bonds is 1. The Kier molecular flexibility index (Phi) is 2.90. The molecule has 1 aliphatic rings. The fraction of sp³-hybridized carbons (Fsp3) is 0.583. The van der Waals surface area contributed by atoms with E-state index in [4.69, 9.17) is 0 Å². The van der Waals surface area contributed by atoms with Gasteiger partial charge in [-0.15, -0.1) is 0 Å². The molecule has 1 atom stereocenters. The summed E-state index contributed by atoms with van der Waals surface area (Å²) in [7, 11) is 0. The molecule has 1 aliphatic carbocycles. The van der Waals surface area contributed by atoms with Gasteiger partial charge >= 0.3 is 0 Å². The first-order valence-corrected chi connectivity index (χ1v) is 5.69. The highest BCUT2D eigenvalue weighted by atomic mass is 16.1. The second-order valence-electron chi connectivity index (χ2n) is 4.38. The molecule has 0 spiro atoms. The monoisotopic (exact) mass is 220 g/mol. The van der Waals surface area contributed by atoms with Crippen molar-refractivity contribution in [3.8, 4) is 0 Å². The maximum atomic E-state index is 11.9. The number of hydrogen-bond donors (Lipinski definition) is 0. The van der Waals surface area contributed by atoms with Crippen LogP contribution in [0.4, 0.5) is 0 Å². The lowest BCUT2D eigenvalue weighted by Crippen LogP contribution is -2.34. The highest BCUT2D eigenvalue weighted by Gasteiger charge is 2.25. The predicted molar refractivity (Wildman–Crippen MR) is 60.5 cm³/mol. The molecule has 0 saturated heterocycles. The molecule has 0 aliphatic heterocycles. The predicted octanol–water partition coefficient (Wildman–Crippen LogP) is 1.54. The van der Waals surface area contributed by atoms with E-state index in [0.29, 0.717) is 17.9 Å². The topological polar surface area (TPSA) is 52.0 Å². The molecule has 1 aromatic heterocycles.